The normalized spacial score (nSPS) is 15.1. The van der Waals surface area contributed by atoms with E-state index >= 15 is 0 Å². The van der Waals surface area contributed by atoms with E-state index in [1.54, 1.807) is 0 Å². The molecule has 1 heteroatoms. The van der Waals surface area contributed by atoms with Crippen LogP contribution < -0.4 is 0 Å². The Morgan fingerprint density at radius 2 is 1.70 bits per heavy atom. The molecule has 10 heavy (non-hydrogen) atoms. The van der Waals surface area contributed by atoms with Gasteiger partial charge in [-0.3, -0.25) is 4.99 Å². The minimum absolute atomic E-state index is 1.12. The number of allylic oxidation sites excluding steroid dienone is 2. The van der Waals surface area contributed by atoms with E-state index in [4.69, 9.17) is 0 Å². The van der Waals surface area contributed by atoms with Crippen molar-refractivity contribution >= 4 is 5.71 Å². The minimum Gasteiger partial charge on any atom is -0.293 e. The van der Waals surface area contributed by atoms with E-state index in [9.17, 15) is 0 Å². The lowest BCUT2D eigenvalue weighted by Crippen LogP contribution is -1.95. The van der Waals surface area contributed by atoms with Crippen LogP contribution in [0.4, 0.5) is 0 Å². The van der Waals surface area contributed by atoms with Crippen LogP contribution >= 0.6 is 0 Å². The van der Waals surface area contributed by atoms with E-state index in [0.717, 1.165) is 12.1 Å². The van der Waals surface area contributed by atoms with Crippen LogP contribution in [0.2, 0.25) is 0 Å². The molecule has 0 aliphatic carbocycles. The van der Waals surface area contributed by atoms with Crippen LogP contribution in [0, 0.1) is 0 Å². The Morgan fingerprint density at radius 3 is 2.00 bits per heavy atom. The van der Waals surface area contributed by atoms with Gasteiger partial charge in [-0.25, -0.2) is 0 Å². The Kier molecular flexibility index (Phi) is 4.01. The molecule has 0 aromatic heterocycles. The molecule has 0 aromatic rings. The molecule has 0 aliphatic rings. The lowest BCUT2D eigenvalue weighted by molar-refractivity contribution is 1.07. The molecule has 0 aliphatic heterocycles. The highest BCUT2D eigenvalue weighted by Crippen LogP contribution is 2.08. The van der Waals surface area contributed by atoms with Crippen molar-refractivity contribution in [3.8, 4) is 0 Å². The van der Waals surface area contributed by atoms with Gasteiger partial charge in [0, 0.05) is 12.8 Å². The maximum Gasteiger partial charge on any atom is 0.0342 e. The van der Waals surface area contributed by atoms with Crippen molar-refractivity contribution < 1.29 is 0 Å². The lowest BCUT2D eigenvalue weighted by atomic mass is 10.1. The average molecular weight is 139 g/mol. The first kappa shape index (κ1) is 9.41. The van der Waals surface area contributed by atoms with Crippen molar-refractivity contribution in [1.82, 2.24) is 0 Å². The first-order valence-corrected chi connectivity index (χ1v) is 3.73. The van der Waals surface area contributed by atoms with Crippen LogP contribution in [0.1, 0.15) is 34.1 Å². The van der Waals surface area contributed by atoms with E-state index in [0.29, 0.717) is 0 Å². The van der Waals surface area contributed by atoms with Gasteiger partial charge in [-0.15, -0.1) is 0 Å². The summed E-state index contributed by atoms with van der Waals surface area (Å²) in [5, 5.41) is 0. The lowest BCUT2D eigenvalue weighted by Gasteiger charge is -2.03. The SMILES string of the molecule is CC/C(C)=C(/C)C(C)=NC. The van der Waals surface area contributed by atoms with Gasteiger partial charge >= 0.3 is 0 Å². The quantitative estimate of drug-likeness (QED) is 0.522. The smallest absolute Gasteiger partial charge is 0.0342 e. The minimum atomic E-state index is 1.12. The Hall–Kier alpha value is -0.590. The van der Waals surface area contributed by atoms with Gasteiger partial charge in [-0.1, -0.05) is 12.5 Å². The van der Waals surface area contributed by atoms with Crippen molar-refractivity contribution in [2.24, 2.45) is 4.99 Å². The fourth-order valence-corrected chi connectivity index (χ4v) is 0.742. The summed E-state index contributed by atoms with van der Waals surface area (Å²) in [4.78, 5) is 4.12. The van der Waals surface area contributed by atoms with Crippen molar-refractivity contribution in [2.45, 2.75) is 34.1 Å². The topological polar surface area (TPSA) is 12.4 Å². The second kappa shape index (κ2) is 4.26. The van der Waals surface area contributed by atoms with Crippen LogP contribution in [-0.2, 0) is 0 Å². The molecular weight excluding hydrogens is 122 g/mol. The van der Waals surface area contributed by atoms with Crippen LogP contribution in [0.5, 0.6) is 0 Å². The van der Waals surface area contributed by atoms with Crippen LogP contribution in [0.3, 0.4) is 0 Å². The molecule has 1 nitrogen and oxygen atoms in total. The molecule has 0 N–H and O–H groups in total. The van der Waals surface area contributed by atoms with Crippen LogP contribution in [0.25, 0.3) is 0 Å². The predicted molar refractivity (Wildman–Crippen MR) is 47.7 cm³/mol. The third kappa shape index (κ3) is 2.34. The molecule has 0 rings (SSSR count). The van der Waals surface area contributed by atoms with Crippen molar-refractivity contribution in [2.75, 3.05) is 7.05 Å². The summed E-state index contributed by atoms with van der Waals surface area (Å²) >= 11 is 0. The highest BCUT2D eigenvalue weighted by atomic mass is 14.7. The first-order chi connectivity index (χ1) is 4.63. The number of rotatable bonds is 2. The Labute approximate surface area is 63.9 Å². The monoisotopic (exact) mass is 139 g/mol. The van der Waals surface area contributed by atoms with Crippen molar-refractivity contribution in [1.29, 1.82) is 0 Å². The molecule has 0 saturated carbocycles. The summed E-state index contributed by atoms with van der Waals surface area (Å²) in [5.41, 5.74) is 3.92. The maximum absolute atomic E-state index is 4.12. The summed E-state index contributed by atoms with van der Waals surface area (Å²) in [6, 6.07) is 0. The number of aliphatic imine (C=N–C) groups is 1. The summed E-state index contributed by atoms with van der Waals surface area (Å²) in [5.74, 6) is 0. The van der Waals surface area contributed by atoms with Gasteiger partial charge in [-0.05, 0) is 32.8 Å². The van der Waals surface area contributed by atoms with Gasteiger partial charge in [0.2, 0.25) is 0 Å². The Bertz CT molecular complexity index is 164. The Morgan fingerprint density at radius 1 is 1.20 bits per heavy atom. The van der Waals surface area contributed by atoms with Crippen molar-refractivity contribution in [3.63, 3.8) is 0 Å². The van der Waals surface area contributed by atoms with Gasteiger partial charge in [0.1, 0.15) is 0 Å². The second-order valence-electron chi connectivity index (χ2n) is 2.57. The number of hydrogen-bond donors (Lipinski definition) is 0. The average Bonchev–Trinajstić information content (AvgIpc) is 2.00. The standard InChI is InChI=1S/C9H17N/c1-6-7(2)8(3)9(4)10-5/h6H2,1-5H3/b8-7-,10-9?. The summed E-state index contributed by atoms with van der Waals surface area (Å²) < 4.78 is 0. The van der Waals surface area contributed by atoms with E-state index in [1.807, 2.05) is 7.05 Å². The van der Waals surface area contributed by atoms with Gasteiger partial charge < -0.3 is 0 Å². The number of nitrogens with zero attached hydrogens (tertiary/aromatic N) is 1. The van der Waals surface area contributed by atoms with Crippen LogP contribution in [-0.4, -0.2) is 12.8 Å². The molecule has 0 bridgehead atoms. The fourth-order valence-electron chi connectivity index (χ4n) is 0.742. The van der Waals surface area contributed by atoms with Gasteiger partial charge in [-0.2, -0.15) is 0 Å². The summed E-state index contributed by atoms with van der Waals surface area (Å²) in [6.07, 6.45) is 1.12. The second-order valence-corrected chi connectivity index (χ2v) is 2.57. The van der Waals surface area contributed by atoms with E-state index in [-0.39, 0.29) is 0 Å². The molecule has 0 aromatic carbocycles. The molecule has 58 valence electrons. The fraction of sp³-hybridized carbons (Fsp3) is 0.667. The predicted octanol–water partition coefficient (Wildman–Crippen LogP) is 2.82. The molecule has 0 fully saturated rings. The highest BCUT2D eigenvalue weighted by Gasteiger charge is 1.96. The zero-order valence-corrected chi connectivity index (χ0v) is 7.65. The van der Waals surface area contributed by atoms with E-state index < -0.39 is 0 Å². The largest absolute Gasteiger partial charge is 0.293 e. The van der Waals surface area contributed by atoms with E-state index in [2.05, 4.69) is 32.7 Å². The summed E-state index contributed by atoms with van der Waals surface area (Å²) in [7, 11) is 1.84. The third-order valence-corrected chi connectivity index (χ3v) is 2.05. The van der Waals surface area contributed by atoms with Gasteiger partial charge in [0.15, 0.2) is 0 Å². The maximum atomic E-state index is 4.12. The third-order valence-electron chi connectivity index (χ3n) is 2.05. The van der Waals surface area contributed by atoms with E-state index in [1.165, 1.54) is 11.1 Å². The molecule has 0 radical (unpaired) electrons. The molecule has 0 heterocycles. The first-order valence-electron chi connectivity index (χ1n) is 3.73. The molecule has 0 saturated heterocycles. The molecule has 0 atom stereocenters. The number of hydrogen-bond acceptors (Lipinski definition) is 1. The highest BCUT2D eigenvalue weighted by molar-refractivity contribution is 5.98. The summed E-state index contributed by atoms with van der Waals surface area (Å²) in [6.45, 7) is 8.50. The van der Waals surface area contributed by atoms with Gasteiger partial charge in [0.05, 0.1) is 0 Å². The molecule has 0 unspecified atom stereocenters. The molecule has 0 amide bonds. The zero-order valence-electron chi connectivity index (χ0n) is 7.65. The molecular formula is C9H17N. The Balaban J connectivity index is 4.46. The zero-order chi connectivity index (χ0) is 8.15. The van der Waals surface area contributed by atoms with Crippen LogP contribution in [0.15, 0.2) is 16.1 Å². The molecule has 0 spiro atoms. The van der Waals surface area contributed by atoms with Gasteiger partial charge in [0.25, 0.3) is 0 Å². The van der Waals surface area contributed by atoms with Crippen molar-refractivity contribution in [3.05, 3.63) is 11.1 Å².